The maximum absolute atomic E-state index is 12.8. The Balaban J connectivity index is 1.81. The molecule has 1 aromatic carbocycles. The highest BCUT2D eigenvalue weighted by atomic mass is 32.2. The highest BCUT2D eigenvalue weighted by Crippen LogP contribution is 2.33. The van der Waals surface area contributed by atoms with Crippen LogP contribution in [0.25, 0.3) is 0 Å². The average Bonchev–Trinajstić information content (AvgIpc) is 2.71. The number of ether oxygens (including phenoxy) is 1. The van der Waals surface area contributed by atoms with Crippen LogP contribution >= 0.6 is 11.8 Å². The molecular formula is C22H25N3O2S. The first-order valence-corrected chi connectivity index (χ1v) is 10.5. The highest BCUT2D eigenvalue weighted by Gasteiger charge is 2.24. The largest absolute Gasteiger partial charge is 0.495 e. The molecule has 0 bridgehead atoms. The summed E-state index contributed by atoms with van der Waals surface area (Å²) in [5.74, 6) is 1.12. The van der Waals surface area contributed by atoms with Crippen LogP contribution in [0.3, 0.4) is 0 Å². The number of nitrogens with one attached hydrogen (secondary N) is 1. The van der Waals surface area contributed by atoms with E-state index in [1.165, 1.54) is 17.3 Å². The lowest BCUT2D eigenvalue weighted by atomic mass is 9.87. The summed E-state index contributed by atoms with van der Waals surface area (Å²) < 4.78 is 5.31. The summed E-state index contributed by atoms with van der Waals surface area (Å²) in [5, 5.41) is 12.8. The first kappa shape index (κ1) is 20.2. The number of benzene rings is 1. The van der Waals surface area contributed by atoms with Gasteiger partial charge in [-0.25, -0.2) is 4.98 Å². The number of para-hydroxylation sites is 2. The Morgan fingerprint density at radius 3 is 2.96 bits per heavy atom. The molecule has 28 heavy (non-hydrogen) atoms. The molecular weight excluding hydrogens is 370 g/mol. The fourth-order valence-corrected chi connectivity index (χ4v) is 4.41. The average molecular weight is 396 g/mol. The minimum Gasteiger partial charge on any atom is -0.495 e. The van der Waals surface area contributed by atoms with Crippen molar-refractivity contribution in [3.63, 3.8) is 0 Å². The highest BCUT2D eigenvalue weighted by molar-refractivity contribution is 8.00. The number of aromatic nitrogens is 1. The molecule has 146 valence electrons. The van der Waals surface area contributed by atoms with E-state index in [-0.39, 0.29) is 11.2 Å². The zero-order chi connectivity index (χ0) is 20.1. The van der Waals surface area contributed by atoms with Crippen LogP contribution in [0.2, 0.25) is 0 Å². The van der Waals surface area contributed by atoms with Gasteiger partial charge in [-0.1, -0.05) is 37.7 Å². The van der Waals surface area contributed by atoms with Crippen LogP contribution in [0.5, 0.6) is 5.75 Å². The van der Waals surface area contributed by atoms with Crippen molar-refractivity contribution in [3.05, 3.63) is 47.2 Å². The third-order valence-corrected chi connectivity index (χ3v) is 6.37. The molecule has 5 nitrogen and oxygen atoms in total. The van der Waals surface area contributed by atoms with Gasteiger partial charge in [0, 0.05) is 5.69 Å². The van der Waals surface area contributed by atoms with E-state index in [9.17, 15) is 10.1 Å². The van der Waals surface area contributed by atoms with E-state index in [0.29, 0.717) is 34.4 Å². The van der Waals surface area contributed by atoms with Crippen molar-refractivity contribution in [2.45, 2.75) is 49.8 Å². The molecule has 0 fully saturated rings. The van der Waals surface area contributed by atoms with Crippen molar-refractivity contribution in [2.75, 3.05) is 12.4 Å². The first-order valence-electron chi connectivity index (χ1n) is 9.59. The number of rotatable bonds is 6. The number of nitrogens with zero attached hydrogens (tertiary/aromatic N) is 2. The van der Waals surface area contributed by atoms with Crippen molar-refractivity contribution < 1.29 is 9.53 Å². The molecule has 1 aliphatic carbocycles. The van der Waals surface area contributed by atoms with Crippen molar-refractivity contribution >= 4 is 23.4 Å². The second-order valence-electron chi connectivity index (χ2n) is 7.11. The van der Waals surface area contributed by atoms with Gasteiger partial charge >= 0.3 is 0 Å². The molecule has 1 amide bonds. The molecule has 1 aromatic heterocycles. The van der Waals surface area contributed by atoms with Crippen LogP contribution in [0, 0.1) is 17.2 Å². The number of hydrogen-bond acceptors (Lipinski definition) is 5. The van der Waals surface area contributed by atoms with Gasteiger partial charge in [-0.3, -0.25) is 4.79 Å². The van der Waals surface area contributed by atoms with Gasteiger partial charge in [-0.2, -0.15) is 5.26 Å². The number of carbonyl (C=O) groups excluding carboxylic acids is 1. The topological polar surface area (TPSA) is 75.0 Å². The third-order valence-electron chi connectivity index (χ3n) is 5.00. The summed E-state index contributed by atoms with van der Waals surface area (Å²) in [6, 6.07) is 11.6. The predicted molar refractivity (Wildman–Crippen MR) is 112 cm³/mol. The molecule has 0 aliphatic heterocycles. The van der Waals surface area contributed by atoms with E-state index in [4.69, 9.17) is 9.72 Å². The van der Waals surface area contributed by atoms with Gasteiger partial charge in [0.1, 0.15) is 16.8 Å². The molecule has 1 aliphatic rings. The SMILES string of the molecule is CCC(Sc1nc2c(cc1C#N)CC(C)CC2)C(=O)Nc1ccccc1OC. The number of anilines is 1. The van der Waals surface area contributed by atoms with E-state index < -0.39 is 0 Å². The maximum Gasteiger partial charge on any atom is 0.238 e. The van der Waals surface area contributed by atoms with Gasteiger partial charge in [0.15, 0.2) is 0 Å². The maximum atomic E-state index is 12.8. The van der Waals surface area contributed by atoms with E-state index >= 15 is 0 Å². The van der Waals surface area contributed by atoms with Gasteiger partial charge in [-0.05, 0) is 55.4 Å². The summed E-state index contributed by atoms with van der Waals surface area (Å²) >= 11 is 1.37. The molecule has 6 heteroatoms. The summed E-state index contributed by atoms with van der Waals surface area (Å²) in [5.41, 5.74) is 3.44. The smallest absolute Gasteiger partial charge is 0.238 e. The Morgan fingerprint density at radius 2 is 2.25 bits per heavy atom. The number of carbonyl (C=O) groups is 1. The zero-order valence-electron chi connectivity index (χ0n) is 16.5. The molecule has 0 saturated heterocycles. The number of nitriles is 1. The molecule has 3 rings (SSSR count). The van der Waals surface area contributed by atoms with Crippen molar-refractivity contribution in [3.8, 4) is 11.8 Å². The number of methoxy groups -OCH3 is 1. The van der Waals surface area contributed by atoms with E-state index in [1.54, 1.807) is 7.11 Å². The monoisotopic (exact) mass is 395 g/mol. The van der Waals surface area contributed by atoms with Crippen molar-refractivity contribution in [2.24, 2.45) is 5.92 Å². The molecule has 1 heterocycles. The lowest BCUT2D eigenvalue weighted by Crippen LogP contribution is -2.25. The minimum atomic E-state index is -0.343. The normalized spacial score (nSPS) is 16.6. The number of amides is 1. The number of fused-ring (bicyclic) bond motifs is 1. The van der Waals surface area contributed by atoms with Crippen LogP contribution in [0.1, 0.15) is 43.5 Å². The summed E-state index contributed by atoms with van der Waals surface area (Å²) in [4.78, 5) is 17.6. The quantitative estimate of drug-likeness (QED) is 0.724. The van der Waals surface area contributed by atoms with Gasteiger partial charge in [-0.15, -0.1) is 0 Å². The second-order valence-corrected chi connectivity index (χ2v) is 8.30. The number of pyridine rings is 1. The number of hydrogen-bond donors (Lipinski definition) is 1. The Morgan fingerprint density at radius 1 is 1.46 bits per heavy atom. The predicted octanol–water partition coefficient (Wildman–Crippen LogP) is 4.60. The molecule has 2 unspecified atom stereocenters. The molecule has 2 aromatic rings. The molecule has 0 radical (unpaired) electrons. The standard InChI is InChI=1S/C22H25N3O2S/c1-4-20(21(26)24-18-7-5-6-8-19(18)27-3)28-22-16(13-23)12-15-11-14(2)9-10-17(15)25-22/h5-8,12,14,20H,4,9-11H2,1-3H3,(H,24,26). The van der Waals surface area contributed by atoms with Gasteiger partial charge < -0.3 is 10.1 Å². The lowest BCUT2D eigenvalue weighted by molar-refractivity contribution is -0.115. The Labute approximate surface area is 170 Å². The van der Waals surface area contributed by atoms with Crippen LogP contribution in [0.15, 0.2) is 35.4 Å². The van der Waals surface area contributed by atoms with Crippen molar-refractivity contribution in [1.82, 2.24) is 4.98 Å². The second kappa shape index (κ2) is 9.11. The number of aryl methyl sites for hydroxylation is 1. The van der Waals surface area contributed by atoms with E-state index in [0.717, 1.165) is 25.0 Å². The Bertz CT molecular complexity index is 907. The van der Waals surface area contributed by atoms with Crippen LogP contribution in [-0.2, 0) is 17.6 Å². The molecule has 2 atom stereocenters. The fourth-order valence-electron chi connectivity index (χ4n) is 3.42. The van der Waals surface area contributed by atoms with E-state index in [2.05, 4.69) is 18.3 Å². The van der Waals surface area contributed by atoms with Gasteiger partial charge in [0.2, 0.25) is 5.91 Å². The van der Waals surface area contributed by atoms with Crippen molar-refractivity contribution in [1.29, 1.82) is 5.26 Å². The third kappa shape index (κ3) is 4.48. The lowest BCUT2D eigenvalue weighted by Gasteiger charge is -2.22. The minimum absolute atomic E-state index is 0.117. The Hall–Kier alpha value is -2.52. The molecule has 1 N–H and O–H groups in total. The summed E-state index contributed by atoms with van der Waals surface area (Å²) in [7, 11) is 1.58. The first-order chi connectivity index (χ1) is 13.5. The van der Waals surface area contributed by atoms with E-state index in [1.807, 2.05) is 37.3 Å². The number of thioether (sulfide) groups is 1. The molecule has 0 spiro atoms. The van der Waals surface area contributed by atoms with Gasteiger partial charge in [0.25, 0.3) is 0 Å². The van der Waals surface area contributed by atoms with Gasteiger partial charge in [0.05, 0.1) is 23.6 Å². The van der Waals surface area contributed by atoms with Crippen LogP contribution in [-0.4, -0.2) is 23.3 Å². The summed E-state index contributed by atoms with van der Waals surface area (Å²) in [6.45, 7) is 4.19. The fraction of sp³-hybridized carbons (Fsp3) is 0.409. The zero-order valence-corrected chi connectivity index (χ0v) is 17.3. The summed E-state index contributed by atoms with van der Waals surface area (Å²) in [6.07, 6.45) is 3.64. The van der Waals surface area contributed by atoms with Crippen LogP contribution < -0.4 is 10.1 Å². The molecule has 0 saturated carbocycles. The van der Waals surface area contributed by atoms with Crippen LogP contribution in [0.4, 0.5) is 5.69 Å². The Kier molecular flexibility index (Phi) is 6.58.